The Kier molecular flexibility index (Phi) is 3.69. The summed E-state index contributed by atoms with van der Waals surface area (Å²) in [6, 6.07) is 6.81. The van der Waals surface area contributed by atoms with Crippen molar-refractivity contribution in [3.05, 3.63) is 40.6 Å². The molecule has 0 aliphatic carbocycles. The molecule has 0 atom stereocenters. The number of hydrogen-bond acceptors (Lipinski definition) is 7. The second kappa shape index (κ2) is 5.69. The lowest BCUT2D eigenvalue weighted by Crippen LogP contribution is -2.02. The van der Waals surface area contributed by atoms with Gasteiger partial charge in [0.1, 0.15) is 28.2 Å². The van der Waals surface area contributed by atoms with Crippen molar-refractivity contribution in [1.82, 2.24) is 0 Å². The number of benzene rings is 2. The van der Waals surface area contributed by atoms with Crippen LogP contribution in [0.25, 0.3) is 22.3 Å². The van der Waals surface area contributed by atoms with Crippen molar-refractivity contribution in [1.29, 1.82) is 0 Å². The summed E-state index contributed by atoms with van der Waals surface area (Å²) in [4.78, 5) is 12.3. The fourth-order valence-corrected chi connectivity index (χ4v) is 2.45. The third kappa shape index (κ3) is 2.36. The maximum atomic E-state index is 12.3. The van der Waals surface area contributed by atoms with Gasteiger partial charge in [0, 0.05) is 18.2 Å². The molecule has 3 N–H and O–H groups in total. The lowest BCUT2D eigenvalue weighted by atomic mass is 10.1. The monoisotopic (exact) mass is 330 g/mol. The molecule has 3 rings (SSSR count). The first kappa shape index (κ1) is 15.5. The van der Waals surface area contributed by atoms with Crippen molar-refractivity contribution in [2.45, 2.75) is 0 Å². The Balaban J connectivity index is 2.27. The van der Waals surface area contributed by atoms with Crippen molar-refractivity contribution in [3.63, 3.8) is 0 Å². The third-order valence-electron chi connectivity index (χ3n) is 3.60. The van der Waals surface area contributed by atoms with Crippen LogP contribution in [0.4, 0.5) is 0 Å². The summed E-state index contributed by atoms with van der Waals surface area (Å²) in [6.45, 7) is 0. The Labute approximate surface area is 135 Å². The van der Waals surface area contributed by atoms with Crippen LogP contribution in [0.15, 0.2) is 39.5 Å². The van der Waals surface area contributed by atoms with E-state index < -0.39 is 11.2 Å². The Morgan fingerprint density at radius 2 is 1.71 bits per heavy atom. The van der Waals surface area contributed by atoms with Gasteiger partial charge in [-0.1, -0.05) is 0 Å². The zero-order valence-electron chi connectivity index (χ0n) is 12.9. The number of hydrogen-bond donors (Lipinski definition) is 3. The smallest absolute Gasteiger partial charge is 0.203 e. The number of phenolic OH excluding ortho intramolecular Hbond substituents is 3. The third-order valence-corrected chi connectivity index (χ3v) is 3.60. The SMILES string of the molecule is COc1ccc(-c2cc(=O)c3c(O)c(OC)c(O)cc3o2)c(O)c1. The van der Waals surface area contributed by atoms with Crippen LogP contribution in [0, 0.1) is 0 Å². The van der Waals surface area contributed by atoms with Crippen molar-refractivity contribution < 1.29 is 29.2 Å². The van der Waals surface area contributed by atoms with Crippen LogP contribution in [0.5, 0.6) is 28.7 Å². The minimum absolute atomic E-state index is 0.0384. The molecular formula is C17H14O7. The molecule has 7 heteroatoms. The van der Waals surface area contributed by atoms with E-state index in [0.29, 0.717) is 5.75 Å². The highest BCUT2D eigenvalue weighted by Crippen LogP contribution is 2.42. The molecule has 0 amide bonds. The summed E-state index contributed by atoms with van der Waals surface area (Å²) in [7, 11) is 2.72. The Bertz CT molecular complexity index is 988. The van der Waals surface area contributed by atoms with Gasteiger partial charge in [0.25, 0.3) is 0 Å². The molecule has 2 aromatic carbocycles. The molecule has 0 aliphatic rings. The van der Waals surface area contributed by atoms with Gasteiger partial charge in [-0.05, 0) is 12.1 Å². The van der Waals surface area contributed by atoms with E-state index >= 15 is 0 Å². The number of aromatic hydroxyl groups is 3. The first-order chi connectivity index (χ1) is 11.5. The largest absolute Gasteiger partial charge is 0.507 e. The summed E-state index contributed by atoms with van der Waals surface area (Å²) < 4.78 is 15.4. The fraction of sp³-hybridized carbons (Fsp3) is 0.118. The predicted octanol–water partition coefficient (Wildman–Crippen LogP) is 2.59. The average Bonchev–Trinajstić information content (AvgIpc) is 2.54. The van der Waals surface area contributed by atoms with E-state index in [4.69, 9.17) is 13.9 Å². The first-order valence-electron chi connectivity index (χ1n) is 6.90. The zero-order chi connectivity index (χ0) is 17.4. The number of fused-ring (bicyclic) bond motifs is 1. The molecule has 0 saturated heterocycles. The van der Waals surface area contributed by atoms with Gasteiger partial charge in [0.05, 0.1) is 19.8 Å². The molecule has 3 aromatic rings. The minimum atomic E-state index is -0.544. The van der Waals surface area contributed by atoms with Crippen molar-refractivity contribution in [3.8, 4) is 40.1 Å². The molecular weight excluding hydrogens is 316 g/mol. The molecule has 0 aliphatic heterocycles. The van der Waals surface area contributed by atoms with Crippen LogP contribution in [-0.2, 0) is 0 Å². The van der Waals surface area contributed by atoms with Gasteiger partial charge in [0.2, 0.25) is 5.75 Å². The van der Waals surface area contributed by atoms with E-state index in [-0.39, 0.29) is 39.5 Å². The lowest BCUT2D eigenvalue weighted by Gasteiger charge is -2.10. The van der Waals surface area contributed by atoms with Crippen LogP contribution in [0.3, 0.4) is 0 Å². The van der Waals surface area contributed by atoms with Gasteiger partial charge in [-0.25, -0.2) is 0 Å². The van der Waals surface area contributed by atoms with Gasteiger partial charge in [0.15, 0.2) is 16.9 Å². The van der Waals surface area contributed by atoms with E-state index in [2.05, 4.69) is 0 Å². The number of methoxy groups -OCH3 is 2. The van der Waals surface area contributed by atoms with Crippen molar-refractivity contribution in [2.24, 2.45) is 0 Å². The molecule has 7 nitrogen and oxygen atoms in total. The Morgan fingerprint density at radius 3 is 2.33 bits per heavy atom. The molecule has 0 radical (unpaired) electrons. The van der Waals surface area contributed by atoms with Crippen molar-refractivity contribution in [2.75, 3.05) is 14.2 Å². The van der Waals surface area contributed by atoms with E-state index in [1.165, 1.54) is 32.4 Å². The highest BCUT2D eigenvalue weighted by molar-refractivity contribution is 5.89. The standard InChI is InChI=1S/C17H14O7/c1-22-8-3-4-9(10(18)5-8)13-6-11(19)15-14(24-13)7-12(20)17(23-2)16(15)21/h3-7,18,20-21H,1-2H3. The van der Waals surface area contributed by atoms with Crippen LogP contribution in [0.1, 0.15) is 0 Å². The predicted molar refractivity (Wildman–Crippen MR) is 86.0 cm³/mol. The van der Waals surface area contributed by atoms with Gasteiger partial charge in [-0.15, -0.1) is 0 Å². The molecule has 1 heterocycles. The summed E-state index contributed by atoms with van der Waals surface area (Å²) in [5.74, 6) is -0.710. The van der Waals surface area contributed by atoms with Crippen LogP contribution in [-0.4, -0.2) is 29.5 Å². The summed E-state index contributed by atoms with van der Waals surface area (Å²) in [5.41, 5.74) is -0.314. The molecule has 24 heavy (non-hydrogen) atoms. The van der Waals surface area contributed by atoms with E-state index in [0.717, 1.165) is 6.07 Å². The van der Waals surface area contributed by atoms with Crippen LogP contribution < -0.4 is 14.9 Å². The summed E-state index contributed by atoms with van der Waals surface area (Å²) >= 11 is 0. The topological polar surface area (TPSA) is 109 Å². The van der Waals surface area contributed by atoms with Crippen LogP contribution in [0.2, 0.25) is 0 Å². The number of phenols is 3. The minimum Gasteiger partial charge on any atom is -0.507 e. The molecule has 0 bridgehead atoms. The average molecular weight is 330 g/mol. The Morgan fingerprint density at radius 1 is 0.958 bits per heavy atom. The summed E-state index contributed by atoms with van der Waals surface area (Å²) in [6.07, 6.45) is 0. The maximum Gasteiger partial charge on any atom is 0.203 e. The van der Waals surface area contributed by atoms with Crippen LogP contribution >= 0.6 is 0 Å². The highest BCUT2D eigenvalue weighted by Gasteiger charge is 2.19. The highest BCUT2D eigenvalue weighted by atomic mass is 16.5. The number of ether oxygens (including phenoxy) is 2. The molecule has 0 fully saturated rings. The molecule has 0 unspecified atom stereocenters. The van der Waals surface area contributed by atoms with Gasteiger partial charge >= 0.3 is 0 Å². The van der Waals surface area contributed by atoms with Gasteiger partial charge < -0.3 is 29.2 Å². The summed E-state index contributed by atoms with van der Waals surface area (Å²) in [5, 5.41) is 29.9. The maximum absolute atomic E-state index is 12.3. The number of rotatable bonds is 3. The molecule has 0 spiro atoms. The zero-order valence-corrected chi connectivity index (χ0v) is 12.9. The lowest BCUT2D eigenvalue weighted by molar-refractivity contribution is 0.346. The fourth-order valence-electron chi connectivity index (χ4n) is 2.45. The van der Waals surface area contributed by atoms with Crippen molar-refractivity contribution >= 4 is 11.0 Å². The second-order valence-electron chi connectivity index (χ2n) is 5.01. The second-order valence-corrected chi connectivity index (χ2v) is 5.01. The first-order valence-corrected chi connectivity index (χ1v) is 6.90. The Hall–Kier alpha value is -3.35. The quantitative estimate of drug-likeness (QED) is 0.677. The van der Waals surface area contributed by atoms with E-state index in [1.54, 1.807) is 6.07 Å². The molecule has 124 valence electrons. The van der Waals surface area contributed by atoms with Gasteiger partial charge in [-0.2, -0.15) is 0 Å². The van der Waals surface area contributed by atoms with E-state index in [1.807, 2.05) is 0 Å². The normalized spacial score (nSPS) is 10.8. The van der Waals surface area contributed by atoms with E-state index in [9.17, 15) is 20.1 Å². The molecule has 1 aromatic heterocycles. The van der Waals surface area contributed by atoms with Gasteiger partial charge in [-0.3, -0.25) is 4.79 Å². The molecule has 0 saturated carbocycles.